The molecule has 3 aromatic rings. The van der Waals surface area contributed by atoms with Gasteiger partial charge in [-0.05, 0) is 24.3 Å². The summed E-state index contributed by atoms with van der Waals surface area (Å²) in [6.45, 7) is 0. The first-order valence-electron chi connectivity index (χ1n) is 6.21. The van der Waals surface area contributed by atoms with Gasteiger partial charge >= 0.3 is 0 Å². The predicted octanol–water partition coefficient (Wildman–Crippen LogP) is 4.61. The van der Waals surface area contributed by atoms with Crippen molar-refractivity contribution in [2.45, 2.75) is 9.99 Å². The Kier molecular flexibility index (Phi) is 3.90. The van der Waals surface area contributed by atoms with E-state index in [0.717, 1.165) is 4.90 Å². The molecule has 21 heavy (non-hydrogen) atoms. The molecule has 0 aliphatic rings. The van der Waals surface area contributed by atoms with Gasteiger partial charge in [0.05, 0.1) is 17.5 Å². The molecule has 3 nitrogen and oxygen atoms in total. The SMILES string of the molecule is COc1ccc2c(=O)cc(Sc3ccccc3Cl)oc2c1. The van der Waals surface area contributed by atoms with Crippen LogP contribution in [0.1, 0.15) is 0 Å². The number of benzene rings is 2. The molecule has 106 valence electrons. The largest absolute Gasteiger partial charge is 0.497 e. The van der Waals surface area contributed by atoms with E-state index in [4.69, 9.17) is 20.8 Å². The summed E-state index contributed by atoms with van der Waals surface area (Å²) in [7, 11) is 1.57. The third-order valence-corrected chi connectivity index (χ3v) is 4.38. The van der Waals surface area contributed by atoms with Gasteiger partial charge in [0, 0.05) is 17.0 Å². The van der Waals surface area contributed by atoms with Gasteiger partial charge in [0.1, 0.15) is 11.3 Å². The molecule has 1 aromatic heterocycles. The number of halogens is 1. The lowest BCUT2D eigenvalue weighted by atomic mass is 10.2. The Hall–Kier alpha value is -1.91. The van der Waals surface area contributed by atoms with Crippen LogP contribution in [0.3, 0.4) is 0 Å². The second-order valence-corrected chi connectivity index (χ2v) is 5.78. The van der Waals surface area contributed by atoms with Crippen LogP contribution in [0.15, 0.2) is 67.7 Å². The molecule has 5 heteroatoms. The summed E-state index contributed by atoms with van der Waals surface area (Å²) in [4.78, 5) is 13.0. The van der Waals surface area contributed by atoms with Crippen molar-refractivity contribution in [3.05, 3.63) is 63.8 Å². The number of ether oxygens (including phenoxy) is 1. The Morgan fingerprint density at radius 3 is 2.71 bits per heavy atom. The van der Waals surface area contributed by atoms with E-state index in [-0.39, 0.29) is 5.43 Å². The first-order valence-corrected chi connectivity index (χ1v) is 7.41. The monoisotopic (exact) mass is 318 g/mol. The highest BCUT2D eigenvalue weighted by Crippen LogP contribution is 2.33. The lowest BCUT2D eigenvalue weighted by Gasteiger charge is -2.05. The summed E-state index contributed by atoms with van der Waals surface area (Å²) in [5.41, 5.74) is 0.407. The molecule has 0 saturated heterocycles. The summed E-state index contributed by atoms with van der Waals surface area (Å²) < 4.78 is 10.9. The van der Waals surface area contributed by atoms with Gasteiger partial charge in [-0.25, -0.2) is 0 Å². The van der Waals surface area contributed by atoms with Crippen LogP contribution in [0.5, 0.6) is 5.75 Å². The maximum atomic E-state index is 12.1. The van der Waals surface area contributed by atoms with Gasteiger partial charge in [0.2, 0.25) is 0 Å². The van der Waals surface area contributed by atoms with Gasteiger partial charge in [0.15, 0.2) is 10.5 Å². The van der Waals surface area contributed by atoms with E-state index >= 15 is 0 Å². The minimum absolute atomic E-state index is 0.0894. The molecule has 0 atom stereocenters. The maximum Gasteiger partial charge on any atom is 0.193 e. The fourth-order valence-corrected chi connectivity index (χ4v) is 3.00. The fourth-order valence-electron chi connectivity index (χ4n) is 1.93. The van der Waals surface area contributed by atoms with Crippen molar-refractivity contribution in [2.24, 2.45) is 0 Å². The Morgan fingerprint density at radius 2 is 1.95 bits per heavy atom. The zero-order chi connectivity index (χ0) is 14.8. The summed E-state index contributed by atoms with van der Waals surface area (Å²) in [6, 6.07) is 14.0. The van der Waals surface area contributed by atoms with Crippen molar-refractivity contribution in [2.75, 3.05) is 7.11 Å². The Morgan fingerprint density at radius 1 is 1.14 bits per heavy atom. The highest BCUT2D eigenvalue weighted by Gasteiger charge is 2.09. The van der Waals surface area contributed by atoms with Crippen LogP contribution in [0.25, 0.3) is 11.0 Å². The summed E-state index contributed by atoms with van der Waals surface area (Å²) in [5, 5.41) is 1.64. The van der Waals surface area contributed by atoms with Crippen molar-refractivity contribution < 1.29 is 9.15 Å². The van der Waals surface area contributed by atoms with Gasteiger partial charge in [-0.3, -0.25) is 4.79 Å². The molecule has 0 fully saturated rings. The van der Waals surface area contributed by atoms with Crippen molar-refractivity contribution in [3.63, 3.8) is 0 Å². The molecule has 0 amide bonds. The third-order valence-electron chi connectivity index (χ3n) is 2.96. The van der Waals surface area contributed by atoms with E-state index < -0.39 is 0 Å². The second kappa shape index (κ2) is 5.84. The van der Waals surface area contributed by atoms with E-state index in [9.17, 15) is 4.79 Å². The molecular formula is C16H11ClO3S. The van der Waals surface area contributed by atoms with Crippen LogP contribution >= 0.6 is 23.4 Å². The Labute approximate surface area is 130 Å². The molecule has 2 aromatic carbocycles. The minimum Gasteiger partial charge on any atom is -0.497 e. The first kappa shape index (κ1) is 14.0. The molecule has 0 bridgehead atoms. The van der Waals surface area contributed by atoms with Crippen LogP contribution in [0.4, 0.5) is 0 Å². The van der Waals surface area contributed by atoms with Crippen LogP contribution in [-0.4, -0.2) is 7.11 Å². The van der Waals surface area contributed by atoms with E-state index in [0.29, 0.717) is 26.8 Å². The van der Waals surface area contributed by atoms with Gasteiger partial charge in [-0.2, -0.15) is 0 Å². The molecular weight excluding hydrogens is 308 g/mol. The summed E-state index contributed by atoms with van der Waals surface area (Å²) >= 11 is 7.44. The zero-order valence-electron chi connectivity index (χ0n) is 11.1. The number of methoxy groups -OCH3 is 1. The van der Waals surface area contributed by atoms with E-state index in [1.54, 1.807) is 31.4 Å². The normalized spacial score (nSPS) is 10.8. The average molecular weight is 319 g/mol. The topological polar surface area (TPSA) is 39.4 Å². The van der Waals surface area contributed by atoms with Crippen molar-refractivity contribution in [1.82, 2.24) is 0 Å². The van der Waals surface area contributed by atoms with Crippen LogP contribution in [-0.2, 0) is 0 Å². The highest BCUT2D eigenvalue weighted by molar-refractivity contribution is 7.99. The molecule has 3 rings (SSSR count). The second-order valence-electron chi connectivity index (χ2n) is 4.32. The molecule has 0 unspecified atom stereocenters. The molecule has 0 aliphatic carbocycles. The van der Waals surface area contributed by atoms with E-state index in [1.807, 2.05) is 18.2 Å². The van der Waals surface area contributed by atoms with Crippen LogP contribution < -0.4 is 10.2 Å². The third kappa shape index (κ3) is 2.91. The molecule has 0 aliphatic heterocycles. The molecule has 0 saturated carbocycles. The summed E-state index contributed by atoms with van der Waals surface area (Å²) in [6.07, 6.45) is 0. The number of hydrogen-bond donors (Lipinski definition) is 0. The van der Waals surface area contributed by atoms with Gasteiger partial charge < -0.3 is 9.15 Å². The van der Waals surface area contributed by atoms with Crippen molar-refractivity contribution in [3.8, 4) is 5.75 Å². The number of hydrogen-bond acceptors (Lipinski definition) is 4. The highest BCUT2D eigenvalue weighted by atomic mass is 35.5. The number of fused-ring (bicyclic) bond motifs is 1. The lowest BCUT2D eigenvalue weighted by molar-refractivity contribution is 0.413. The molecule has 0 radical (unpaired) electrons. The summed E-state index contributed by atoms with van der Waals surface area (Å²) in [5.74, 6) is 0.644. The van der Waals surface area contributed by atoms with E-state index in [1.165, 1.54) is 17.8 Å². The van der Waals surface area contributed by atoms with Gasteiger partial charge in [-0.15, -0.1) is 0 Å². The lowest BCUT2D eigenvalue weighted by Crippen LogP contribution is -2.00. The Bertz CT molecular complexity index is 858. The van der Waals surface area contributed by atoms with Crippen molar-refractivity contribution in [1.29, 1.82) is 0 Å². The van der Waals surface area contributed by atoms with E-state index in [2.05, 4.69) is 0 Å². The van der Waals surface area contributed by atoms with Crippen molar-refractivity contribution >= 4 is 34.3 Å². The number of rotatable bonds is 3. The van der Waals surface area contributed by atoms with Gasteiger partial charge in [0.25, 0.3) is 0 Å². The predicted molar refractivity (Wildman–Crippen MR) is 84.6 cm³/mol. The van der Waals surface area contributed by atoms with Crippen LogP contribution in [0, 0.1) is 0 Å². The standard InChI is InChI=1S/C16H11ClO3S/c1-19-10-6-7-11-13(18)9-16(20-14(11)8-10)21-15-5-3-2-4-12(15)17/h2-9H,1H3. The maximum absolute atomic E-state index is 12.1. The fraction of sp³-hybridized carbons (Fsp3) is 0.0625. The smallest absolute Gasteiger partial charge is 0.193 e. The quantitative estimate of drug-likeness (QED) is 0.707. The first-order chi connectivity index (χ1) is 10.2. The van der Waals surface area contributed by atoms with Gasteiger partial charge in [-0.1, -0.05) is 35.5 Å². The minimum atomic E-state index is -0.0894. The zero-order valence-corrected chi connectivity index (χ0v) is 12.7. The van der Waals surface area contributed by atoms with Crippen LogP contribution in [0.2, 0.25) is 5.02 Å². The Balaban J connectivity index is 2.07. The molecule has 0 spiro atoms. The molecule has 1 heterocycles. The average Bonchev–Trinajstić information content (AvgIpc) is 2.49. The molecule has 0 N–H and O–H groups in total.